The van der Waals surface area contributed by atoms with Gasteiger partial charge in [0.2, 0.25) is 0 Å². The smallest absolute Gasteiger partial charge is 0.307 e. The van der Waals surface area contributed by atoms with Gasteiger partial charge in [-0.1, -0.05) is 18.2 Å². The molecule has 0 amide bonds. The number of H-pyrrole nitrogens is 1. The second kappa shape index (κ2) is 5.90. The van der Waals surface area contributed by atoms with E-state index in [0.29, 0.717) is 17.4 Å². The van der Waals surface area contributed by atoms with Crippen LogP contribution in [0.25, 0.3) is 10.9 Å². The van der Waals surface area contributed by atoms with Gasteiger partial charge in [0.1, 0.15) is 0 Å². The Labute approximate surface area is 131 Å². The molecule has 1 atom stereocenters. The summed E-state index contributed by atoms with van der Waals surface area (Å²) in [6, 6.07) is 11.1. The molecule has 0 aliphatic heterocycles. The van der Waals surface area contributed by atoms with Crippen LogP contribution >= 0.6 is 11.3 Å². The number of hydrogen-bond donors (Lipinski definition) is 1. The number of aromatic nitrogens is 2. The number of fused-ring (bicyclic) bond motifs is 1. The summed E-state index contributed by atoms with van der Waals surface area (Å²) in [7, 11) is 3.90. The number of thiophene rings is 1. The minimum absolute atomic E-state index is 0.0139. The molecule has 0 aliphatic rings. The van der Waals surface area contributed by atoms with Crippen molar-refractivity contribution in [2.75, 3.05) is 14.1 Å². The van der Waals surface area contributed by atoms with Crippen molar-refractivity contribution < 1.29 is 0 Å². The van der Waals surface area contributed by atoms with Gasteiger partial charge in [-0.3, -0.25) is 9.36 Å². The van der Waals surface area contributed by atoms with Crippen molar-refractivity contribution in [1.29, 1.82) is 0 Å². The standard InChI is InChI=1S/C16H17N3O2S/c1-18(2)13(14-8-5-9-22-14)10-19-15(20)11-6-3-4-7-12(11)17-16(19)21/h3-9,13H,10H2,1-2H3,(H,17,21). The van der Waals surface area contributed by atoms with Gasteiger partial charge in [0, 0.05) is 4.88 Å². The molecule has 0 saturated carbocycles. The Bertz CT molecular complexity index is 894. The minimum atomic E-state index is -0.368. The summed E-state index contributed by atoms with van der Waals surface area (Å²) in [5.41, 5.74) is -0.0406. The maximum Gasteiger partial charge on any atom is 0.328 e. The third kappa shape index (κ3) is 2.63. The van der Waals surface area contributed by atoms with E-state index >= 15 is 0 Å². The van der Waals surface area contributed by atoms with Crippen LogP contribution in [0.4, 0.5) is 0 Å². The van der Waals surface area contributed by atoms with E-state index in [1.54, 1.807) is 35.6 Å². The van der Waals surface area contributed by atoms with E-state index < -0.39 is 0 Å². The summed E-state index contributed by atoms with van der Waals surface area (Å²) in [6.45, 7) is 0.326. The lowest BCUT2D eigenvalue weighted by molar-refractivity contribution is 0.268. The van der Waals surface area contributed by atoms with Crippen LogP contribution in [0, 0.1) is 0 Å². The Kier molecular flexibility index (Phi) is 3.96. The molecule has 5 nitrogen and oxygen atoms in total. The van der Waals surface area contributed by atoms with Crippen molar-refractivity contribution in [3.8, 4) is 0 Å². The summed E-state index contributed by atoms with van der Waals surface area (Å²) in [4.78, 5) is 30.8. The van der Waals surface area contributed by atoms with Crippen molar-refractivity contribution in [2.24, 2.45) is 0 Å². The first-order valence-corrected chi connectivity index (χ1v) is 7.87. The monoisotopic (exact) mass is 315 g/mol. The Morgan fingerprint density at radius 3 is 2.64 bits per heavy atom. The summed E-state index contributed by atoms with van der Waals surface area (Å²) < 4.78 is 1.28. The van der Waals surface area contributed by atoms with E-state index in [4.69, 9.17) is 0 Å². The quantitative estimate of drug-likeness (QED) is 0.802. The highest BCUT2D eigenvalue weighted by molar-refractivity contribution is 7.10. The zero-order valence-electron chi connectivity index (χ0n) is 12.4. The SMILES string of the molecule is CN(C)C(Cn1c(=O)[nH]c2ccccc2c1=O)c1cccs1. The zero-order valence-corrected chi connectivity index (χ0v) is 13.3. The van der Waals surface area contributed by atoms with Gasteiger partial charge in [-0.25, -0.2) is 4.79 Å². The number of para-hydroxylation sites is 1. The molecule has 2 heterocycles. The van der Waals surface area contributed by atoms with Gasteiger partial charge in [-0.05, 0) is 37.7 Å². The number of likely N-dealkylation sites (N-methyl/N-ethyl adjacent to an activating group) is 1. The summed E-state index contributed by atoms with van der Waals surface area (Å²) in [5.74, 6) is 0. The molecule has 1 N–H and O–H groups in total. The van der Waals surface area contributed by atoms with Gasteiger partial charge in [-0.15, -0.1) is 11.3 Å². The number of aromatic amines is 1. The molecule has 114 valence electrons. The molecule has 1 aromatic carbocycles. The molecule has 6 heteroatoms. The van der Waals surface area contributed by atoms with Crippen LogP contribution in [0.3, 0.4) is 0 Å². The number of rotatable bonds is 4. The van der Waals surface area contributed by atoms with Crippen LogP contribution in [0.15, 0.2) is 51.4 Å². The highest BCUT2D eigenvalue weighted by Gasteiger charge is 2.18. The van der Waals surface area contributed by atoms with E-state index in [1.165, 1.54) is 4.57 Å². The van der Waals surface area contributed by atoms with Gasteiger partial charge in [0.05, 0.1) is 23.5 Å². The van der Waals surface area contributed by atoms with Gasteiger partial charge >= 0.3 is 5.69 Å². The second-order valence-electron chi connectivity index (χ2n) is 5.39. The van der Waals surface area contributed by atoms with Crippen LogP contribution in [0.5, 0.6) is 0 Å². The Hall–Kier alpha value is -2.18. The molecule has 0 aliphatic carbocycles. The van der Waals surface area contributed by atoms with Crippen molar-refractivity contribution in [3.63, 3.8) is 0 Å². The van der Waals surface area contributed by atoms with Gasteiger partial charge in [-0.2, -0.15) is 0 Å². The Balaban J connectivity index is 2.10. The fraction of sp³-hybridized carbons (Fsp3) is 0.250. The molecule has 3 aromatic rings. The Morgan fingerprint density at radius 2 is 1.95 bits per heavy atom. The molecule has 0 bridgehead atoms. The molecule has 0 spiro atoms. The number of nitrogens with zero attached hydrogens (tertiary/aromatic N) is 2. The van der Waals surface area contributed by atoms with Crippen LogP contribution in [-0.2, 0) is 6.54 Å². The molecule has 0 radical (unpaired) electrons. The summed E-state index contributed by atoms with van der Waals surface area (Å²) in [5, 5.41) is 2.53. The predicted molar refractivity (Wildman–Crippen MR) is 89.6 cm³/mol. The van der Waals surface area contributed by atoms with Crippen LogP contribution in [0.2, 0.25) is 0 Å². The average molecular weight is 315 g/mol. The third-order valence-corrected chi connectivity index (χ3v) is 4.71. The number of nitrogens with one attached hydrogen (secondary N) is 1. The van der Waals surface area contributed by atoms with E-state index in [1.807, 2.05) is 36.5 Å². The summed E-state index contributed by atoms with van der Waals surface area (Å²) in [6.07, 6.45) is 0. The molecular weight excluding hydrogens is 298 g/mol. The van der Waals surface area contributed by atoms with Gasteiger partial charge in [0.25, 0.3) is 5.56 Å². The maximum atomic E-state index is 12.6. The van der Waals surface area contributed by atoms with Crippen molar-refractivity contribution in [3.05, 3.63) is 67.5 Å². The highest BCUT2D eigenvalue weighted by atomic mass is 32.1. The third-order valence-electron chi connectivity index (χ3n) is 3.74. The average Bonchev–Trinajstić information content (AvgIpc) is 3.00. The van der Waals surface area contributed by atoms with Crippen molar-refractivity contribution >= 4 is 22.2 Å². The normalized spacial score (nSPS) is 12.9. The van der Waals surface area contributed by atoms with E-state index in [9.17, 15) is 9.59 Å². The lowest BCUT2D eigenvalue weighted by Gasteiger charge is -2.23. The first kappa shape index (κ1) is 14.7. The molecule has 1 unspecified atom stereocenters. The Morgan fingerprint density at radius 1 is 1.18 bits per heavy atom. The highest BCUT2D eigenvalue weighted by Crippen LogP contribution is 2.24. The first-order valence-electron chi connectivity index (χ1n) is 6.99. The number of hydrogen-bond acceptors (Lipinski definition) is 4. The summed E-state index contributed by atoms with van der Waals surface area (Å²) >= 11 is 1.62. The maximum absolute atomic E-state index is 12.6. The minimum Gasteiger partial charge on any atom is -0.307 e. The van der Waals surface area contributed by atoms with Crippen molar-refractivity contribution in [1.82, 2.24) is 14.5 Å². The first-order chi connectivity index (χ1) is 10.6. The second-order valence-corrected chi connectivity index (χ2v) is 6.37. The van der Waals surface area contributed by atoms with Crippen LogP contribution in [-0.4, -0.2) is 28.5 Å². The van der Waals surface area contributed by atoms with Crippen LogP contribution in [0.1, 0.15) is 10.9 Å². The topological polar surface area (TPSA) is 58.1 Å². The number of benzene rings is 1. The lowest BCUT2D eigenvalue weighted by Crippen LogP contribution is -2.39. The van der Waals surface area contributed by atoms with E-state index in [0.717, 1.165) is 4.88 Å². The molecule has 0 saturated heterocycles. The molecule has 0 fully saturated rings. The molecule has 22 heavy (non-hydrogen) atoms. The van der Waals surface area contributed by atoms with Gasteiger partial charge < -0.3 is 9.88 Å². The fourth-order valence-corrected chi connectivity index (χ4v) is 3.44. The van der Waals surface area contributed by atoms with E-state index in [-0.39, 0.29) is 17.3 Å². The predicted octanol–water partition coefficient (Wildman–Crippen LogP) is 2.05. The van der Waals surface area contributed by atoms with Crippen LogP contribution < -0.4 is 11.2 Å². The largest absolute Gasteiger partial charge is 0.328 e. The van der Waals surface area contributed by atoms with E-state index in [2.05, 4.69) is 4.98 Å². The molecule has 2 aromatic heterocycles. The fourth-order valence-electron chi connectivity index (χ4n) is 2.53. The van der Waals surface area contributed by atoms with Crippen molar-refractivity contribution in [2.45, 2.75) is 12.6 Å². The van der Waals surface area contributed by atoms with Gasteiger partial charge in [0.15, 0.2) is 0 Å². The molecule has 3 rings (SSSR count). The molecular formula is C16H17N3O2S. The zero-order chi connectivity index (χ0) is 15.7. The lowest BCUT2D eigenvalue weighted by atomic mass is 10.2.